The van der Waals surface area contributed by atoms with Gasteiger partial charge in [-0.3, -0.25) is 4.79 Å². The molecule has 1 amide bonds. The standard InChI is InChI=1S/C25H35F2N3O2/c1-7-16(2)17-8-10-18(11-9-17)19-14-28-21(29-19)20(23(3,4)5)30-22(31)24(6)12-13-25(26,27)15-32-24/h8-11,14,16,20H,7,12-13,15H2,1-6H3,(H,28,29)(H,30,31)/t16-,20+,24-/m0/s1. The van der Waals surface area contributed by atoms with E-state index in [-0.39, 0.29) is 18.3 Å². The summed E-state index contributed by atoms with van der Waals surface area (Å²) in [6.07, 6.45) is 2.45. The number of aromatic nitrogens is 2. The third kappa shape index (κ3) is 5.37. The Morgan fingerprint density at radius 3 is 2.44 bits per heavy atom. The largest absolute Gasteiger partial charge is 0.359 e. The molecule has 32 heavy (non-hydrogen) atoms. The Bertz CT molecular complexity index is 921. The van der Waals surface area contributed by atoms with E-state index in [0.29, 0.717) is 11.7 Å². The first-order valence-corrected chi connectivity index (χ1v) is 11.3. The number of carbonyl (C=O) groups excluding carboxylic acids is 1. The third-order valence-electron chi connectivity index (χ3n) is 6.46. The van der Waals surface area contributed by atoms with Crippen LogP contribution in [-0.4, -0.2) is 34.0 Å². The lowest BCUT2D eigenvalue weighted by Gasteiger charge is -2.38. The number of carbonyl (C=O) groups is 1. The quantitative estimate of drug-likeness (QED) is 0.571. The van der Waals surface area contributed by atoms with E-state index < -0.39 is 30.1 Å². The van der Waals surface area contributed by atoms with Gasteiger partial charge in [-0.05, 0) is 42.2 Å². The number of ether oxygens (including phenoxy) is 1. The fourth-order valence-corrected chi connectivity index (χ4v) is 3.85. The molecule has 7 heteroatoms. The van der Waals surface area contributed by atoms with Crippen LogP contribution in [0, 0.1) is 5.41 Å². The molecular formula is C25H35F2N3O2. The molecule has 1 aromatic heterocycles. The Labute approximate surface area is 189 Å². The zero-order chi connectivity index (χ0) is 23.7. The zero-order valence-electron chi connectivity index (χ0n) is 19.9. The second-order valence-electron chi connectivity index (χ2n) is 10.3. The molecule has 176 valence electrons. The minimum absolute atomic E-state index is 0.0331. The van der Waals surface area contributed by atoms with Gasteiger partial charge in [-0.25, -0.2) is 13.8 Å². The number of hydrogen-bond acceptors (Lipinski definition) is 3. The zero-order valence-corrected chi connectivity index (χ0v) is 19.9. The lowest BCUT2D eigenvalue weighted by atomic mass is 9.85. The van der Waals surface area contributed by atoms with Crippen LogP contribution in [0.4, 0.5) is 8.78 Å². The van der Waals surface area contributed by atoms with Crippen molar-refractivity contribution in [1.29, 1.82) is 0 Å². The molecule has 0 saturated carbocycles. The van der Waals surface area contributed by atoms with Crippen molar-refractivity contribution in [2.75, 3.05) is 6.61 Å². The number of benzene rings is 1. The van der Waals surface area contributed by atoms with E-state index in [2.05, 4.69) is 53.4 Å². The minimum atomic E-state index is -2.89. The Kier molecular flexibility index (Phi) is 6.80. The number of H-pyrrole nitrogens is 1. The Morgan fingerprint density at radius 2 is 1.91 bits per heavy atom. The highest BCUT2D eigenvalue weighted by atomic mass is 19.3. The molecule has 0 spiro atoms. The van der Waals surface area contributed by atoms with Gasteiger partial charge in [0, 0.05) is 6.42 Å². The molecule has 0 unspecified atom stereocenters. The average Bonchev–Trinajstić information content (AvgIpc) is 3.22. The van der Waals surface area contributed by atoms with Crippen molar-refractivity contribution >= 4 is 5.91 Å². The lowest BCUT2D eigenvalue weighted by molar-refractivity contribution is -0.190. The van der Waals surface area contributed by atoms with Gasteiger partial charge in [0.15, 0.2) is 0 Å². The Balaban J connectivity index is 1.79. The van der Waals surface area contributed by atoms with Gasteiger partial charge < -0.3 is 15.0 Å². The number of hydrogen-bond donors (Lipinski definition) is 2. The van der Waals surface area contributed by atoms with Crippen LogP contribution in [-0.2, 0) is 9.53 Å². The number of rotatable bonds is 6. The summed E-state index contributed by atoms with van der Waals surface area (Å²) in [7, 11) is 0. The number of nitrogens with one attached hydrogen (secondary N) is 2. The van der Waals surface area contributed by atoms with Crippen molar-refractivity contribution < 1.29 is 18.3 Å². The van der Waals surface area contributed by atoms with Crippen molar-refractivity contribution in [2.24, 2.45) is 5.41 Å². The van der Waals surface area contributed by atoms with Crippen molar-refractivity contribution in [1.82, 2.24) is 15.3 Å². The second-order valence-corrected chi connectivity index (χ2v) is 10.3. The van der Waals surface area contributed by atoms with E-state index in [0.717, 1.165) is 17.7 Å². The molecule has 1 aliphatic heterocycles. The molecule has 2 heterocycles. The van der Waals surface area contributed by atoms with Crippen molar-refractivity contribution in [3.8, 4) is 11.3 Å². The van der Waals surface area contributed by atoms with Crippen LogP contribution in [0.25, 0.3) is 11.3 Å². The Hall–Kier alpha value is -2.28. The molecule has 3 atom stereocenters. The monoisotopic (exact) mass is 447 g/mol. The minimum Gasteiger partial charge on any atom is -0.359 e. The number of aromatic amines is 1. The summed E-state index contributed by atoms with van der Waals surface area (Å²) in [5.41, 5.74) is 1.52. The molecule has 1 saturated heterocycles. The predicted octanol–water partition coefficient (Wildman–Crippen LogP) is 6.00. The number of halogens is 2. The van der Waals surface area contributed by atoms with Crippen LogP contribution in [0.3, 0.4) is 0 Å². The van der Waals surface area contributed by atoms with Crippen LogP contribution in [0.5, 0.6) is 0 Å². The van der Waals surface area contributed by atoms with Crippen LogP contribution >= 0.6 is 0 Å². The van der Waals surface area contributed by atoms with Crippen LogP contribution < -0.4 is 5.32 Å². The smallest absolute Gasteiger partial charge is 0.271 e. The second kappa shape index (κ2) is 8.93. The first kappa shape index (κ1) is 24.4. The van der Waals surface area contributed by atoms with Crippen LogP contribution in [0.1, 0.15) is 84.2 Å². The van der Waals surface area contributed by atoms with Gasteiger partial charge in [0.05, 0.1) is 17.9 Å². The van der Waals surface area contributed by atoms with Gasteiger partial charge in [0.1, 0.15) is 18.0 Å². The molecule has 3 rings (SSSR count). The van der Waals surface area contributed by atoms with E-state index in [1.54, 1.807) is 13.1 Å². The normalized spacial score (nSPS) is 22.9. The fraction of sp³-hybridized carbons (Fsp3) is 0.600. The molecule has 2 aromatic rings. The van der Waals surface area contributed by atoms with E-state index in [1.165, 1.54) is 5.56 Å². The van der Waals surface area contributed by atoms with Crippen molar-refractivity contribution in [3.63, 3.8) is 0 Å². The van der Waals surface area contributed by atoms with E-state index in [4.69, 9.17) is 4.74 Å². The van der Waals surface area contributed by atoms with Crippen molar-refractivity contribution in [3.05, 3.63) is 41.9 Å². The molecule has 0 radical (unpaired) electrons. The molecule has 1 aliphatic rings. The number of amides is 1. The number of imidazole rings is 1. The summed E-state index contributed by atoms with van der Waals surface area (Å²) in [4.78, 5) is 20.9. The SMILES string of the molecule is CC[C@H](C)c1ccc(-c2cnc([C@@H](NC(=O)[C@]3(C)CCC(F)(F)CO3)C(C)(C)C)[nH]2)cc1. The van der Waals surface area contributed by atoms with Gasteiger partial charge in [0.2, 0.25) is 0 Å². The van der Waals surface area contributed by atoms with Crippen LogP contribution in [0.2, 0.25) is 0 Å². The third-order valence-corrected chi connectivity index (χ3v) is 6.46. The number of nitrogens with zero attached hydrogens (tertiary/aromatic N) is 1. The first-order chi connectivity index (χ1) is 14.8. The number of alkyl halides is 2. The van der Waals surface area contributed by atoms with Crippen molar-refractivity contribution in [2.45, 2.75) is 84.3 Å². The molecule has 2 N–H and O–H groups in total. The fourth-order valence-electron chi connectivity index (χ4n) is 3.85. The molecule has 1 aromatic carbocycles. The lowest BCUT2D eigenvalue weighted by Crippen LogP contribution is -2.54. The summed E-state index contributed by atoms with van der Waals surface area (Å²) in [6.45, 7) is 11.2. The maximum atomic E-state index is 13.5. The molecule has 1 fully saturated rings. The highest BCUT2D eigenvalue weighted by Crippen LogP contribution is 2.37. The maximum absolute atomic E-state index is 13.5. The van der Waals surface area contributed by atoms with Gasteiger partial charge in [0.25, 0.3) is 11.8 Å². The summed E-state index contributed by atoms with van der Waals surface area (Å²) in [6, 6.07) is 7.96. The summed E-state index contributed by atoms with van der Waals surface area (Å²) in [5.74, 6) is -2.16. The maximum Gasteiger partial charge on any atom is 0.271 e. The molecule has 0 aliphatic carbocycles. The molecule has 5 nitrogen and oxygen atoms in total. The summed E-state index contributed by atoms with van der Waals surface area (Å²) in [5, 5.41) is 3.00. The topological polar surface area (TPSA) is 67.0 Å². The van der Waals surface area contributed by atoms with E-state index in [1.807, 2.05) is 20.8 Å². The summed E-state index contributed by atoms with van der Waals surface area (Å²) < 4.78 is 32.3. The van der Waals surface area contributed by atoms with Gasteiger partial charge in [-0.1, -0.05) is 58.9 Å². The molecular weight excluding hydrogens is 412 g/mol. The van der Waals surface area contributed by atoms with Gasteiger partial charge in [-0.15, -0.1) is 0 Å². The van der Waals surface area contributed by atoms with Gasteiger partial charge in [-0.2, -0.15) is 0 Å². The first-order valence-electron chi connectivity index (χ1n) is 11.3. The van der Waals surface area contributed by atoms with Gasteiger partial charge >= 0.3 is 0 Å². The highest BCUT2D eigenvalue weighted by molar-refractivity contribution is 5.85. The molecule has 0 bridgehead atoms. The van der Waals surface area contributed by atoms with Crippen LogP contribution in [0.15, 0.2) is 30.5 Å². The average molecular weight is 448 g/mol. The van der Waals surface area contributed by atoms with E-state index >= 15 is 0 Å². The summed E-state index contributed by atoms with van der Waals surface area (Å²) >= 11 is 0. The predicted molar refractivity (Wildman–Crippen MR) is 122 cm³/mol. The Morgan fingerprint density at radius 1 is 1.25 bits per heavy atom. The van der Waals surface area contributed by atoms with E-state index in [9.17, 15) is 13.6 Å². The highest BCUT2D eigenvalue weighted by Gasteiger charge is 2.47.